The predicted octanol–water partition coefficient (Wildman–Crippen LogP) is 1.36. The minimum atomic E-state index is -3.91. The molecule has 0 atom stereocenters. The first-order chi connectivity index (χ1) is 4.35. The van der Waals surface area contributed by atoms with Gasteiger partial charge in [-0.15, -0.1) is 0 Å². The molecule has 0 bridgehead atoms. The van der Waals surface area contributed by atoms with Crippen LogP contribution in [-0.4, -0.2) is 29.8 Å². The first kappa shape index (κ1) is 7.78. The molecule has 0 amide bonds. The Hall–Kier alpha value is -0.320. The average Bonchev–Trinajstić information content (AvgIpc) is 1.73. The topological polar surface area (TPSA) is 3.24 Å². The predicted molar refractivity (Wildman–Crippen MR) is 26.8 cm³/mol. The molecule has 0 aromatic heterocycles. The second-order valence-electron chi connectivity index (χ2n) is 2.40. The van der Waals surface area contributed by atoms with E-state index in [0.29, 0.717) is 4.90 Å². The summed E-state index contributed by atoms with van der Waals surface area (Å²) in [6.07, 6.45) is 0. The Balaban J connectivity index is 2.78. The van der Waals surface area contributed by atoms with E-state index in [1.165, 1.54) is 0 Å². The highest BCUT2D eigenvalue weighted by molar-refractivity contribution is 4.96. The monoisotopic (exact) mass is 156 g/mol. The van der Waals surface area contributed by atoms with Crippen LogP contribution in [0.3, 0.4) is 0 Å². The molecule has 1 heterocycles. The van der Waals surface area contributed by atoms with Gasteiger partial charge in [0, 0.05) is 7.05 Å². The lowest BCUT2D eigenvalue weighted by Gasteiger charge is -2.15. The van der Waals surface area contributed by atoms with Gasteiger partial charge in [0.1, 0.15) is 0 Å². The van der Waals surface area contributed by atoms with Crippen molar-refractivity contribution in [2.24, 2.45) is 0 Å². The molecule has 0 aromatic rings. The van der Waals surface area contributed by atoms with Crippen LogP contribution < -0.4 is 0 Å². The molecule has 1 aliphatic rings. The molecule has 0 aromatic carbocycles. The summed E-state index contributed by atoms with van der Waals surface area (Å²) in [7, 11) is 3.00. The molecule has 0 spiro atoms. The van der Waals surface area contributed by atoms with Crippen LogP contribution in [0.25, 0.3) is 0 Å². The van der Waals surface area contributed by atoms with E-state index in [2.05, 4.69) is 7.05 Å². The normalized spacial score (nSPS) is 30.9. The highest BCUT2D eigenvalue weighted by Gasteiger charge is 2.61. The average molecular weight is 156 g/mol. The molecule has 10 heavy (non-hydrogen) atoms. The highest BCUT2D eigenvalue weighted by atomic mass is 19.3. The van der Waals surface area contributed by atoms with E-state index in [1.807, 2.05) is 0 Å². The number of alkyl halides is 4. The van der Waals surface area contributed by atoms with Crippen LogP contribution in [0, 0.1) is 7.05 Å². The molecule has 0 aliphatic carbocycles. The molecular formula is C5H6F4N. The fourth-order valence-corrected chi connectivity index (χ4v) is 0.849. The Labute approximate surface area is 55.6 Å². The van der Waals surface area contributed by atoms with Gasteiger partial charge in [0.25, 0.3) is 0 Å². The first-order valence-corrected chi connectivity index (χ1v) is 2.66. The summed E-state index contributed by atoms with van der Waals surface area (Å²) in [6, 6.07) is 0. The van der Waals surface area contributed by atoms with E-state index in [-0.39, 0.29) is 0 Å². The van der Waals surface area contributed by atoms with Crippen molar-refractivity contribution in [3.05, 3.63) is 7.05 Å². The van der Waals surface area contributed by atoms with Crippen molar-refractivity contribution in [2.75, 3.05) is 13.1 Å². The summed E-state index contributed by atoms with van der Waals surface area (Å²) in [4.78, 5) is 0.667. The van der Waals surface area contributed by atoms with Crippen LogP contribution in [0.4, 0.5) is 17.6 Å². The quantitative estimate of drug-likeness (QED) is 0.478. The first-order valence-electron chi connectivity index (χ1n) is 2.66. The van der Waals surface area contributed by atoms with Gasteiger partial charge in [-0.25, -0.2) is 0 Å². The molecule has 5 heteroatoms. The van der Waals surface area contributed by atoms with Gasteiger partial charge in [0.2, 0.25) is 0 Å². The van der Waals surface area contributed by atoms with Crippen molar-refractivity contribution in [3.8, 4) is 0 Å². The van der Waals surface area contributed by atoms with Gasteiger partial charge in [-0.3, -0.25) is 4.90 Å². The number of halogens is 4. The molecule has 0 saturated carbocycles. The van der Waals surface area contributed by atoms with Gasteiger partial charge in [-0.2, -0.15) is 17.6 Å². The third kappa shape index (κ3) is 0.982. The minimum Gasteiger partial charge on any atom is -0.290 e. The number of rotatable bonds is 0. The smallest absolute Gasteiger partial charge is 0.290 e. The molecule has 59 valence electrons. The maximum Gasteiger partial charge on any atom is 0.323 e. The molecule has 0 unspecified atom stereocenters. The van der Waals surface area contributed by atoms with Gasteiger partial charge >= 0.3 is 11.8 Å². The standard InChI is InChI=1S/C5H6F4N/c1-10-2-4(6,7)5(8,9)3-10/h1-3H2. The molecule has 1 aliphatic heterocycles. The van der Waals surface area contributed by atoms with Crippen molar-refractivity contribution < 1.29 is 17.6 Å². The maximum atomic E-state index is 12.1. The Bertz CT molecular complexity index is 129. The second-order valence-corrected chi connectivity index (χ2v) is 2.40. The lowest BCUT2D eigenvalue weighted by Crippen LogP contribution is -2.38. The zero-order chi connectivity index (χ0) is 7.99. The van der Waals surface area contributed by atoms with Crippen LogP contribution in [-0.2, 0) is 0 Å². The van der Waals surface area contributed by atoms with Crippen molar-refractivity contribution in [1.29, 1.82) is 0 Å². The lowest BCUT2D eigenvalue weighted by molar-refractivity contribution is -0.172. The summed E-state index contributed by atoms with van der Waals surface area (Å²) in [6.45, 7) is -1.92. The fourth-order valence-electron chi connectivity index (χ4n) is 0.849. The van der Waals surface area contributed by atoms with Crippen LogP contribution in [0.5, 0.6) is 0 Å². The second kappa shape index (κ2) is 1.84. The van der Waals surface area contributed by atoms with Crippen molar-refractivity contribution in [1.82, 2.24) is 4.90 Å². The van der Waals surface area contributed by atoms with E-state index in [4.69, 9.17) is 0 Å². The molecule has 1 nitrogen and oxygen atoms in total. The fraction of sp³-hybridized carbons (Fsp3) is 0.800. The lowest BCUT2D eigenvalue weighted by atomic mass is 10.2. The number of hydrogen-bond donors (Lipinski definition) is 0. The molecule has 1 saturated heterocycles. The van der Waals surface area contributed by atoms with E-state index in [0.717, 1.165) is 0 Å². The SMILES string of the molecule is [CH2]N1CC(F)(F)C(F)(F)C1. The van der Waals surface area contributed by atoms with E-state index >= 15 is 0 Å². The largest absolute Gasteiger partial charge is 0.323 e. The van der Waals surface area contributed by atoms with Crippen LogP contribution in [0.15, 0.2) is 0 Å². The van der Waals surface area contributed by atoms with Crippen LogP contribution >= 0.6 is 0 Å². The van der Waals surface area contributed by atoms with Crippen LogP contribution in [0.1, 0.15) is 0 Å². The van der Waals surface area contributed by atoms with Crippen molar-refractivity contribution >= 4 is 0 Å². The zero-order valence-electron chi connectivity index (χ0n) is 5.08. The Kier molecular flexibility index (Phi) is 1.43. The number of hydrogen-bond acceptors (Lipinski definition) is 1. The summed E-state index contributed by atoms with van der Waals surface area (Å²) < 4.78 is 48.6. The van der Waals surface area contributed by atoms with Crippen molar-refractivity contribution in [2.45, 2.75) is 11.8 Å². The molecule has 1 radical (unpaired) electrons. The Morgan fingerprint density at radius 3 is 1.40 bits per heavy atom. The molecular weight excluding hydrogens is 150 g/mol. The highest BCUT2D eigenvalue weighted by Crippen LogP contribution is 2.40. The minimum absolute atomic E-state index is 0.667. The summed E-state index contributed by atoms with van der Waals surface area (Å²) in [5.74, 6) is -7.82. The molecule has 1 rings (SSSR count). The zero-order valence-corrected chi connectivity index (χ0v) is 5.08. The van der Waals surface area contributed by atoms with Crippen molar-refractivity contribution in [3.63, 3.8) is 0 Å². The van der Waals surface area contributed by atoms with Gasteiger partial charge in [0.15, 0.2) is 0 Å². The summed E-state index contributed by atoms with van der Waals surface area (Å²) >= 11 is 0. The number of likely N-dealkylation sites (tertiary alicyclic amines) is 1. The van der Waals surface area contributed by atoms with Gasteiger partial charge in [-0.05, 0) is 0 Å². The molecule has 0 N–H and O–H groups in total. The van der Waals surface area contributed by atoms with Gasteiger partial charge in [-0.1, -0.05) is 0 Å². The summed E-state index contributed by atoms with van der Waals surface area (Å²) in [5.41, 5.74) is 0. The Morgan fingerprint density at radius 1 is 1.00 bits per heavy atom. The molecule has 1 fully saturated rings. The van der Waals surface area contributed by atoms with E-state index < -0.39 is 24.9 Å². The van der Waals surface area contributed by atoms with Crippen LogP contribution in [0.2, 0.25) is 0 Å². The van der Waals surface area contributed by atoms with Gasteiger partial charge < -0.3 is 0 Å². The maximum absolute atomic E-state index is 12.1. The van der Waals surface area contributed by atoms with E-state index in [9.17, 15) is 17.6 Å². The van der Waals surface area contributed by atoms with E-state index in [1.54, 1.807) is 0 Å². The Morgan fingerprint density at radius 2 is 1.30 bits per heavy atom. The van der Waals surface area contributed by atoms with Gasteiger partial charge in [0.05, 0.1) is 13.1 Å². The third-order valence-corrected chi connectivity index (χ3v) is 1.38. The third-order valence-electron chi connectivity index (χ3n) is 1.38. The number of nitrogens with zero attached hydrogens (tertiary/aromatic N) is 1. The summed E-state index contributed by atoms with van der Waals surface area (Å²) in [5, 5.41) is 0.